The predicted molar refractivity (Wildman–Crippen MR) is 129 cm³/mol. The molecule has 0 atom stereocenters. The first-order valence-electron chi connectivity index (χ1n) is 11.2. The lowest BCUT2D eigenvalue weighted by Gasteiger charge is -2.29. The third-order valence-electron chi connectivity index (χ3n) is 5.22. The highest BCUT2D eigenvalue weighted by Gasteiger charge is 2.21. The summed E-state index contributed by atoms with van der Waals surface area (Å²) in [6.45, 7) is 8.35. The molecule has 10 nitrogen and oxygen atoms in total. The number of nitrogens with one attached hydrogen (secondary N) is 1. The van der Waals surface area contributed by atoms with E-state index in [1.807, 2.05) is 24.4 Å². The van der Waals surface area contributed by atoms with E-state index in [2.05, 4.69) is 38.5 Å². The molecule has 10 heteroatoms. The minimum Gasteiger partial charge on any atom is -0.444 e. The van der Waals surface area contributed by atoms with Crippen molar-refractivity contribution >= 4 is 29.3 Å². The Labute approximate surface area is 198 Å². The molecule has 0 unspecified atom stereocenters. The molecule has 180 valence electrons. The molecule has 1 fully saturated rings. The molecular weight excluding hydrogens is 436 g/mol. The summed E-state index contributed by atoms with van der Waals surface area (Å²) < 4.78 is 12.3. The fourth-order valence-electron chi connectivity index (χ4n) is 3.59. The quantitative estimate of drug-likeness (QED) is 0.617. The first-order chi connectivity index (χ1) is 16.2. The summed E-state index contributed by atoms with van der Waals surface area (Å²) in [5, 5.41) is 7.02. The number of anilines is 2. The van der Waals surface area contributed by atoms with Crippen molar-refractivity contribution in [1.82, 2.24) is 19.5 Å². The number of aromatic nitrogens is 3. The zero-order valence-corrected chi connectivity index (χ0v) is 19.9. The SMILES string of the molecule is CN(CC(=O)Nc1nc2ccc(-c3cccc(N4CCOCC4)c3)cn2n1)C(=O)OC(C)(C)C. The number of rotatable bonds is 5. The molecule has 0 aliphatic carbocycles. The minimum atomic E-state index is -0.635. The second-order valence-corrected chi connectivity index (χ2v) is 9.19. The molecule has 2 amide bonds. The number of carbonyl (C=O) groups excluding carboxylic acids is 2. The van der Waals surface area contributed by atoms with Crippen LogP contribution in [0.3, 0.4) is 0 Å². The molecule has 0 spiro atoms. The number of pyridine rings is 1. The fourth-order valence-corrected chi connectivity index (χ4v) is 3.59. The monoisotopic (exact) mass is 466 g/mol. The maximum atomic E-state index is 12.4. The van der Waals surface area contributed by atoms with Gasteiger partial charge in [0.1, 0.15) is 12.1 Å². The largest absolute Gasteiger partial charge is 0.444 e. The number of ether oxygens (including phenoxy) is 2. The number of benzene rings is 1. The second kappa shape index (κ2) is 9.68. The van der Waals surface area contributed by atoms with E-state index in [1.54, 1.807) is 25.3 Å². The van der Waals surface area contributed by atoms with E-state index in [4.69, 9.17) is 9.47 Å². The zero-order valence-electron chi connectivity index (χ0n) is 19.9. The maximum Gasteiger partial charge on any atom is 0.410 e. The Balaban J connectivity index is 1.44. The molecular formula is C24H30N6O4. The van der Waals surface area contributed by atoms with Crippen LogP contribution in [0.4, 0.5) is 16.4 Å². The number of morpholine rings is 1. The number of carbonyl (C=O) groups is 2. The molecule has 1 aromatic carbocycles. The van der Waals surface area contributed by atoms with Gasteiger partial charge in [-0.15, -0.1) is 5.10 Å². The molecule has 34 heavy (non-hydrogen) atoms. The van der Waals surface area contributed by atoms with Gasteiger partial charge in [0.05, 0.1) is 13.2 Å². The van der Waals surface area contributed by atoms with Gasteiger partial charge in [0.2, 0.25) is 11.9 Å². The van der Waals surface area contributed by atoms with Crippen LogP contribution in [-0.4, -0.2) is 77.0 Å². The van der Waals surface area contributed by atoms with Gasteiger partial charge < -0.3 is 19.3 Å². The van der Waals surface area contributed by atoms with Crippen molar-refractivity contribution in [3.63, 3.8) is 0 Å². The summed E-state index contributed by atoms with van der Waals surface area (Å²) in [4.78, 5) is 32.3. The molecule has 1 N–H and O–H groups in total. The summed E-state index contributed by atoms with van der Waals surface area (Å²) in [5.74, 6) is -0.246. The lowest BCUT2D eigenvalue weighted by atomic mass is 10.1. The predicted octanol–water partition coefficient (Wildman–Crippen LogP) is 3.04. The van der Waals surface area contributed by atoms with Gasteiger partial charge in [-0.05, 0) is 50.6 Å². The molecule has 1 aliphatic heterocycles. The van der Waals surface area contributed by atoms with E-state index in [9.17, 15) is 9.59 Å². The summed E-state index contributed by atoms with van der Waals surface area (Å²) >= 11 is 0. The van der Waals surface area contributed by atoms with Gasteiger partial charge in [-0.25, -0.2) is 9.31 Å². The zero-order chi connectivity index (χ0) is 24.3. The van der Waals surface area contributed by atoms with E-state index in [1.165, 1.54) is 11.9 Å². The molecule has 2 aromatic heterocycles. The topological polar surface area (TPSA) is 101 Å². The highest BCUT2D eigenvalue weighted by molar-refractivity contribution is 5.92. The second-order valence-electron chi connectivity index (χ2n) is 9.19. The lowest BCUT2D eigenvalue weighted by Crippen LogP contribution is -2.38. The lowest BCUT2D eigenvalue weighted by molar-refractivity contribution is -0.117. The number of likely N-dealkylation sites (N-methyl/N-ethyl adjacent to an activating group) is 1. The van der Waals surface area contributed by atoms with E-state index in [0.717, 1.165) is 43.1 Å². The van der Waals surface area contributed by atoms with Crippen molar-refractivity contribution in [3.8, 4) is 11.1 Å². The van der Waals surface area contributed by atoms with E-state index >= 15 is 0 Å². The normalized spacial score (nSPS) is 14.2. The van der Waals surface area contributed by atoms with Crippen LogP contribution in [0.25, 0.3) is 16.8 Å². The summed E-state index contributed by atoms with van der Waals surface area (Å²) in [6, 6.07) is 12.2. The highest BCUT2D eigenvalue weighted by atomic mass is 16.6. The summed E-state index contributed by atoms with van der Waals surface area (Å²) in [6.07, 6.45) is 1.30. The Morgan fingerprint density at radius 1 is 1.15 bits per heavy atom. The van der Waals surface area contributed by atoms with Crippen LogP contribution in [0, 0.1) is 0 Å². The molecule has 4 rings (SSSR count). The van der Waals surface area contributed by atoms with Crippen molar-refractivity contribution in [2.24, 2.45) is 0 Å². The van der Waals surface area contributed by atoms with Gasteiger partial charge in [-0.1, -0.05) is 12.1 Å². The van der Waals surface area contributed by atoms with Crippen LogP contribution in [0.1, 0.15) is 20.8 Å². The Morgan fingerprint density at radius 3 is 2.65 bits per heavy atom. The van der Waals surface area contributed by atoms with Crippen LogP contribution in [0.2, 0.25) is 0 Å². The Kier molecular flexibility index (Phi) is 6.69. The van der Waals surface area contributed by atoms with Crippen LogP contribution in [0.5, 0.6) is 0 Å². The van der Waals surface area contributed by atoms with Gasteiger partial charge in [-0.3, -0.25) is 10.1 Å². The molecule has 1 aliphatic rings. The molecule has 0 bridgehead atoms. The van der Waals surface area contributed by atoms with Crippen molar-refractivity contribution in [2.75, 3.05) is 50.1 Å². The molecule has 1 saturated heterocycles. The number of fused-ring (bicyclic) bond motifs is 1. The number of hydrogen-bond acceptors (Lipinski definition) is 7. The molecule has 0 radical (unpaired) electrons. The third kappa shape index (κ3) is 5.82. The van der Waals surface area contributed by atoms with Crippen molar-refractivity contribution in [1.29, 1.82) is 0 Å². The Hall–Kier alpha value is -3.66. The van der Waals surface area contributed by atoms with Crippen LogP contribution >= 0.6 is 0 Å². The number of hydrogen-bond donors (Lipinski definition) is 1. The van der Waals surface area contributed by atoms with Crippen LogP contribution in [-0.2, 0) is 14.3 Å². The van der Waals surface area contributed by atoms with Crippen molar-refractivity contribution < 1.29 is 19.1 Å². The molecule has 0 saturated carbocycles. The fraction of sp³-hybridized carbons (Fsp3) is 0.417. The van der Waals surface area contributed by atoms with Gasteiger partial charge >= 0.3 is 6.09 Å². The van der Waals surface area contributed by atoms with E-state index in [-0.39, 0.29) is 12.5 Å². The average molecular weight is 467 g/mol. The maximum absolute atomic E-state index is 12.4. The van der Waals surface area contributed by atoms with E-state index in [0.29, 0.717) is 5.65 Å². The summed E-state index contributed by atoms with van der Waals surface area (Å²) in [7, 11) is 1.50. The van der Waals surface area contributed by atoms with Crippen molar-refractivity contribution in [2.45, 2.75) is 26.4 Å². The molecule has 3 aromatic rings. The first-order valence-corrected chi connectivity index (χ1v) is 11.2. The highest BCUT2D eigenvalue weighted by Crippen LogP contribution is 2.26. The van der Waals surface area contributed by atoms with Gasteiger partial charge in [0, 0.05) is 37.6 Å². The van der Waals surface area contributed by atoms with Gasteiger partial charge in [0.15, 0.2) is 5.65 Å². The third-order valence-corrected chi connectivity index (χ3v) is 5.22. The molecule has 3 heterocycles. The van der Waals surface area contributed by atoms with Crippen molar-refractivity contribution in [3.05, 3.63) is 42.6 Å². The number of nitrogens with zero attached hydrogens (tertiary/aromatic N) is 5. The minimum absolute atomic E-state index is 0.168. The van der Waals surface area contributed by atoms with Gasteiger partial charge in [0.25, 0.3) is 0 Å². The average Bonchev–Trinajstić information content (AvgIpc) is 3.19. The summed E-state index contributed by atoms with van der Waals surface area (Å²) in [5.41, 5.74) is 3.16. The smallest absolute Gasteiger partial charge is 0.410 e. The first kappa shape index (κ1) is 23.5. The Bertz CT molecular complexity index is 1180. The van der Waals surface area contributed by atoms with Crippen LogP contribution < -0.4 is 10.2 Å². The number of amides is 2. The standard InChI is InChI=1S/C24H30N6O4/c1-24(2,3)34-23(32)28(4)16-21(31)26-22-25-20-9-8-18(15-30(20)27-22)17-6-5-7-19(14-17)29-10-12-33-13-11-29/h5-9,14-15H,10-13,16H2,1-4H3,(H,26,27,31). The Morgan fingerprint density at radius 2 is 1.91 bits per heavy atom. The van der Waals surface area contributed by atoms with Crippen LogP contribution in [0.15, 0.2) is 42.6 Å². The van der Waals surface area contributed by atoms with E-state index < -0.39 is 17.6 Å². The van der Waals surface area contributed by atoms with Gasteiger partial charge in [-0.2, -0.15) is 4.98 Å².